The summed E-state index contributed by atoms with van der Waals surface area (Å²) in [5.74, 6) is 0.0916. The molecule has 1 amide bonds. The van der Waals surface area contributed by atoms with Gasteiger partial charge in [-0.2, -0.15) is 0 Å². The molecule has 1 aromatic rings. The van der Waals surface area contributed by atoms with Crippen molar-refractivity contribution in [3.05, 3.63) is 35.9 Å². The Morgan fingerprint density at radius 2 is 2.16 bits per heavy atom. The minimum atomic E-state index is 0.0211. The molecule has 1 fully saturated rings. The lowest BCUT2D eigenvalue weighted by atomic mass is 10.1. The highest BCUT2D eigenvalue weighted by Crippen LogP contribution is 2.09. The summed E-state index contributed by atoms with van der Waals surface area (Å²) in [6.07, 6.45) is 2.69. The molecule has 104 valence electrons. The first-order valence-electron chi connectivity index (χ1n) is 6.95. The maximum Gasteiger partial charge on any atom is 0.227 e. The van der Waals surface area contributed by atoms with Gasteiger partial charge >= 0.3 is 0 Å². The number of rotatable bonds is 6. The van der Waals surface area contributed by atoms with Crippen LogP contribution < -0.4 is 5.32 Å². The third-order valence-electron chi connectivity index (χ3n) is 3.52. The summed E-state index contributed by atoms with van der Waals surface area (Å²) in [5.41, 5.74) is 1.02. The molecule has 4 heteroatoms. The van der Waals surface area contributed by atoms with Crippen molar-refractivity contribution in [3.63, 3.8) is 0 Å². The van der Waals surface area contributed by atoms with E-state index in [4.69, 9.17) is 5.11 Å². The Morgan fingerprint density at radius 3 is 2.79 bits per heavy atom. The van der Waals surface area contributed by atoms with Crippen LogP contribution in [0.1, 0.15) is 18.4 Å². The molecular weight excluding hydrogens is 240 g/mol. The zero-order valence-corrected chi connectivity index (χ0v) is 11.2. The van der Waals surface area contributed by atoms with Gasteiger partial charge in [-0.3, -0.25) is 4.79 Å². The Kier molecular flexibility index (Phi) is 5.36. The van der Waals surface area contributed by atoms with Crippen molar-refractivity contribution in [1.82, 2.24) is 10.2 Å². The quantitative estimate of drug-likeness (QED) is 0.797. The van der Waals surface area contributed by atoms with Crippen molar-refractivity contribution in [3.8, 4) is 0 Å². The van der Waals surface area contributed by atoms with Gasteiger partial charge in [0.15, 0.2) is 0 Å². The molecule has 1 atom stereocenters. The van der Waals surface area contributed by atoms with Crippen molar-refractivity contribution in [2.75, 3.05) is 26.2 Å². The molecule has 1 aromatic carbocycles. The molecule has 0 radical (unpaired) electrons. The van der Waals surface area contributed by atoms with Gasteiger partial charge in [-0.25, -0.2) is 0 Å². The summed E-state index contributed by atoms with van der Waals surface area (Å²) in [6.45, 7) is 2.17. The van der Waals surface area contributed by atoms with Gasteiger partial charge in [0.2, 0.25) is 5.91 Å². The third-order valence-corrected chi connectivity index (χ3v) is 3.52. The number of benzene rings is 1. The first-order valence-corrected chi connectivity index (χ1v) is 6.95. The number of aliphatic hydroxyl groups excluding tert-OH is 1. The highest BCUT2D eigenvalue weighted by Gasteiger charge is 2.21. The highest BCUT2D eigenvalue weighted by molar-refractivity contribution is 5.78. The maximum atomic E-state index is 12.3. The van der Waals surface area contributed by atoms with Gasteiger partial charge in [-0.05, 0) is 24.9 Å². The second kappa shape index (κ2) is 7.26. The molecular formula is C15H22N2O2. The fourth-order valence-electron chi connectivity index (χ4n) is 2.50. The smallest absolute Gasteiger partial charge is 0.227 e. The van der Waals surface area contributed by atoms with Crippen molar-refractivity contribution >= 4 is 5.91 Å². The lowest BCUT2D eigenvalue weighted by Gasteiger charge is -2.25. The molecule has 1 saturated heterocycles. The SMILES string of the molecule is O=C(Cc1ccccc1)N(CCO)CC1CCCN1. The molecule has 0 spiro atoms. The summed E-state index contributed by atoms with van der Waals surface area (Å²) in [7, 11) is 0. The standard InChI is InChI=1S/C15H22N2O2/c18-10-9-17(12-14-7-4-8-16-14)15(19)11-13-5-2-1-3-6-13/h1-3,5-6,14,16,18H,4,7-12H2. The molecule has 1 aliphatic rings. The Bertz CT molecular complexity index is 388. The molecule has 1 unspecified atom stereocenters. The Morgan fingerprint density at radius 1 is 1.37 bits per heavy atom. The van der Waals surface area contributed by atoms with Crippen LogP contribution in [0.3, 0.4) is 0 Å². The van der Waals surface area contributed by atoms with Gasteiger partial charge in [0.05, 0.1) is 13.0 Å². The molecule has 2 rings (SSSR count). The van der Waals surface area contributed by atoms with E-state index < -0.39 is 0 Å². The van der Waals surface area contributed by atoms with Crippen LogP contribution >= 0.6 is 0 Å². The van der Waals surface area contributed by atoms with E-state index in [1.165, 1.54) is 6.42 Å². The fraction of sp³-hybridized carbons (Fsp3) is 0.533. The highest BCUT2D eigenvalue weighted by atomic mass is 16.3. The van der Waals surface area contributed by atoms with E-state index in [0.29, 0.717) is 25.6 Å². The average Bonchev–Trinajstić information content (AvgIpc) is 2.92. The van der Waals surface area contributed by atoms with E-state index >= 15 is 0 Å². The topological polar surface area (TPSA) is 52.6 Å². The van der Waals surface area contributed by atoms with E-state index in [-0.39, 0.29) is 12.5 Å². The summed E-state index contributed by atoms with van der Waals surface area (Å²) >= 11 is 0. The number of amides is 1. The summed E-state index contributed by atoms with van der Waals surface area (Å²) in [6, 6.07) is 10.1. The first-order chi connectivity index (χ1) is 9.29. The Labute approximate surface area is 114 Å². The van der Waals surface area contributed by atoms with Gasteiger partial charge < -0.3 is 15.3 Å². The molecule has 1 heterocycles. The number of nitrogens with one attached hydrogen (secondary N) is 1. The number of carbonyl (C=O) groups is 1. The van der Waals surface area contributed by atoms with Gasteiger partial charge in [-0.15, -0.1) is 0 Å². The van der Waals surface area contributed by atoms with Gasteiger partial charge in [-0.1, -0.05) is 30.3 Å². The number of hydrogen-bond acceptors (Lipinski definition) is 3. The average molecular weight is 262 g/mol. The van der Waals surface area contributed by atoms with Crippen LogP contribution in [-0.2, 0) is 11.2 Å². The van der Waals surface area contributed by atoms with Crippen LogP contribution in [0.2, 0.25) is 0 Å². The van der Waals surface area contributed by atoms with Gasteiger partial charge in [0, 0.05) is 19.1 Å². The number of aliphatic hydroxyl groups is 1. The van der Waals surface area contributed by atoms with Crippen LogP contribution in [0.15, 0.2) is 30.3 Å². The van der Waals surface area contributed by atoms with Crippen LogP contribution in [-0.4, -0.2) is 48.2 Å². The summed E-state index contributed by atoms with van der Waals surface area (Å²) < 4.78 is 0. The lowest BCUT2D eigenvalue weighted by Crippen LogP contribution is -2.43. The van der Waals surface area contributed by atoms with Crippen molar-refractivity contribution in [2.24, 2.45) is 0 Å². The van der Waals surface area contributed by atoms with Crippen molar-refractivity contribution in [2.45, 2.75) is 25.3 Å². The van der Waals surface area contributed by atoms with Crippen LogP contribution in [0.5, 0.6) is 0 Å². The molecule has 0 saturated carbocycles. The van der Waals surface area contributed by atoms with Crippen molar-refractivity contribution in [1.29, 1.82) is 0 Å². The van der Waals surface area contributed by atoms with E-state index in [9.17, 15) is 4.79 Å². The summed E-state index contributed by atoms with van der Waals surface area (Å²) in [5, 5.41) is 12.5. The van der Waals surface area contributed by atoms with Gasteiger partial charge in [0.1, 0.15) is 0 Å². The zero-order valence-electron chi connectivity index (χ0n) is 11.2. The molecule has 2 N–H and O–H groups in total. The number of carbonyl (C=O) groups excluding carboxylic acids is 1. The minimum absolute atomic E-state index is 0.0211. The van der Waals surface area contributed by atoms with Crippen LogP contribution in [0.4, 0.5) is 0 Å². The normalized spacial score (nSPS) is 18.5. The minimum Gasteiger partial charge on any atom is -0.395 e. The predicted octanol–water partition coefficient (Wildman–Crippen LogP) is 0.802. The largest absolute Gasteiger partial charge is 0.395 e. The zero-order chi connectivity index (χ0) is 13.5. The van der Waals surface area contributed by atoms with Crippen LogP contribution in [0, 0.1) is 0 Å². The van der Waals surface area contributed by atoms with E-state index in [1.54, 1.807) is 4.90 Å². The number of nitrogens with zero attached hydrogens (tertiary/aromatic N) is 1. The van der Waals surface area contributed by atoms with E-state index in [1.807, 2.05) is 30.3 Å². The molecule has 0 aliphatic carbocycles. The number of hydrogen-bond donors (Lipinski definition) is 2. The Hall–Kier alpha value is -1.39. The van der Waals surface area contributed by atoms with Crippen LogP contribution in [0.25, 0.3) is 0 Å². The van der Waals surface area contributed by atoms with Gasteiger partial charge in [0.25, 0.3) is 0 Å². The monoisotopic (exact) mass is 262 g/mol. The molecule has 0 bridgehead atoms. The molecule has 0 aromatic heterocycles. The summed E-state index contributed by atoms with van der Waals surface area (Å²) in [4.78, 5) is 14.1. The molecule has 4 nitrogen and oxygen atoms in total. The second-order valence-electron chi connectivity index (χ2n) is 5.02. The molecule has 1 aliphatic heterocycles. The maximum absolute atomic E-state index is 12.3. The lowest BCUT2D eigenvalue weighted by molar-refractivity contribution is -0.131. The van der Waals surface area contributed by atoms with E-state index in [0.717, 1.165) is 18.5 Å². The second-order valence-corrected chi connectivity index (χ2v) is 5.02. The first kappa shape index (κ1) is 14.0. The third kappa shape index (κ3) is 4.33. The Balaban J connectivity index is 1.91. The van der Waals surface area contributed by atoms with Crippen molar-refractivity contribution < 1.29 is 9.90 Å². The van der Waals surface area contributed by atoms with E-state index in [2.05, 4.69) is 5.32 Å². The predicted molar refractivity (Wildman–Crippen MR) is 74.8 cm³/mol. The molecule has 19 heavy (non-hydrogen) atoms. The fourth-order valence-corrected chi connectivity index (χ4v) is 2.50.